The smallest absolute Gasteiger partial charge is 0.364 e. The third-order valence-corrected chi connectivity index (χ3v) is 3.70. The number of primary amides is 1. The topological polar surface area (TPSA) is 89.9 Å². The average molecular weight is 326 g/mol. The van der Waals surface area contributed by atoms with Crippen molar-refractivity contribution in [3.8, 4) is 0 Å². The Hall–Kier alpha value is -2.65. The number of nitrogens with zero attached hydrogens (tertiary/aromatic N) is 5. The van der Waals surface area contributed by atoms with Gasteiger partial charge in [0, 0.05) is 19.3 Å². The van der Waals surface area contributed by atoms with E-state index in [-0.39, 0.29) is 11.7 Å². The fraction of sp³-hybridized carbons (Fsp3) is 0.385. The molecule has 2 aromatic rings. The van der Waals surface area contributed by atoms with Gasteiger partial charge in [-0.3, -0.25) is 4.79 Å². The van der Waals surface area contributed by atoms with Gasteiger partial charge in [0.05, 0.1) is 17.8 Å². The van der Waals surface area contributed by atoms with Gasteiger partial charge in [0.2, 0.25) is 0 Å². The number of halogens is 3. The summed E-state index contributed by atoms with van der Waals surface area (Å²) in [5, 5.41) is 7.54. The predicted octanol–water partition coefficient (Wildman–Crippen LogP) is 1.24. The van der Waals surface area contributed by atoms with E-state index >= 15 is 0 Å². The van der Waals surface area contributed by atoms with E-state index < -0.39 is 17.6 Å². The van der Waals surface area contributed by atoms with Gasteiger partial charge >= 0.3 is 6.18 Å². The van der Waals surface area contributed by atoms with Crippen molar-refractivity contribution >= 4 is 11.7 Å². The van der Waals surface area contributed by atoms with Gasteiger partial charge in [-0.15, -0.1) is 5.10 Å². The van der Waals surface area contributed by atoms with E-state index in [1.54, 1.807) is 4.68 Å². The molecular weight excluding hydrogens is 313 g/mol. The van der Waals surface area contributed by atoms with Crippen molar-refractivity contribution in [2.75, 3.05) is 18.0 Å². The second-order valence-corrected chi connectivity index (χ2v) is 5.24. The van der Waals surface area contributed by atoms with Gasteiger partial charge in [-0.1, -0.05) is 5.21 Å². The van der Waals surface area contributed by atoms with Crippen LogP contribution in [0.15, 0.2) is 24.5 Å². The van der Waals surface area contributed by atoms with Gasteiger partial charge in [0.25, 0.3) is 5.91 Å². The quantitative estimate of drug-likeness (QED) is 0.916. The monoisotopic (exact) mass is 326 g/mol. The summed E-state index contributed by atoms with van der Waals surface area (Å²) in [6, 6.07) is 2.32. The summed E-state index contributed by atoms with van der Waals surface area (Å²) in [6.07, 6.45) is -1.39. The summed E-state index contributed by atoms with van der Waals surface area (Å²) in [5.74, 6) is -0.189. The van der Waals surface area contributed by atoms with Gasteiger partial charge in [-0.2, -0.15) is 13.2 Å². The third kappa shape index (κ3) is 3.10. The van der Waals surface area contributed by atoms with Crippen LogP contribution in [-0.2, 0) is 6.18 Å². The molecule has 2 N–H and O–H groups in total. The van der Waals surface area contributed by atoms with Crippen molar-refractivity contribution in [3.05, 3.63) is 35.8 Å². The van der Waals surface area contributed by atoms with Gasteiger partial charge in [-0.25, -0.2) is 9.67 Å². The van der Waals surface area contributed by atoms with Crippen LogP contribution in [0, 0.1) is 0 Å². The lowest BCUT2D eigenvalue weighted by molar-refractivity contribution is -0.137. The Labute approximate surface area is 128 Å². The highest BCUT2D eigenvalue weighted by Gasteiger charge is 2.31. The molecule has 1 fully saturated rings. The number of hydrogen-bond acceptors (Lipinski definition) is 5. The van der Waals surface area contributed by atoms with Crippen molar-refractivity contribution in [1.29, 1.82) is 0 Å². The number of carbonyl (C=O) groups is 1. The normalized spacial score (nSPS) is 18.4. The Bertz CT molecular complexity index is 711. The lowest BCUT2D eigenvalue weighted by atomic mass is 10.2. The Kier molecular flexibility index (Phi) is 3.66. The average Bonchev–Trinajstić information content (AvgIpc) is 3.15. The largest absolute Gasteiger partial charge is 0.417 e. The molecule has 0 aliphatic carbocycles. The molecule has 0 saturated carbocycles. The number of nitrogens with two attached hydrogens (primary N) is 1. The van der Waals surface area contributed by atoms with Crippen LogP contribution in [0.25, 0.3) is 0 Å². The van der Waals surface area contributed by atoms with Crippen molar-refractivity contribution in [2.45, 2.75) is 18.6 Å². The summed E-state index contributed by atoms with van der Waals surface area (Å²) in [6.45, 7) is 1.13. The molecule has 0 radical (unpaired) electrons. The molecule has 2 aromatic heterocycles. The Morgan fingerprint density at radius 1 is 1.35 bits per heavy atom. The van der Waals surface area contributed by atoms with E-state index in [0.717, 1.165) is 12.3 Å². The van der Waals surface area contributed by atoms with Crippen LogP contribution in [0.4, 0.5) is 19.0 Å². The molecule has 0 bridgehead atoms. The van der Waals surface area contributed by atoms with Crippen LogP contribution in [-0.4, -0.2) is 39.0 Å². The lowest BCUT2D eigenvalue weighted by Gasteiger charge is -2.18. The minimum Gasteiger partial charge on any atom is -0.364 e. The number of aromatic nitrogens is 4. The van der Waals surface area contributed by atoms with E-state index in [1.165, 1.54) is 12.3 Å². The van der Waals surface area contributed by atoms with Gasteiger partial charge in [-0.05, 0) is 18.6 Å². The molecule has 1 amide bonds. The molecule has 23 heavy (non-hydrogen) atoms. The molecule has 0 spiro atoms. The minimum atomic E-state index is -4.40. The number of anilines is 1. The molecular formula is C13H13F3N6O. The van der Waals surface area contributed by atoms with Crippen molar-refractivity contribution in [1.82, 2.24) is 20.0 Å². The minimum absolute atomic E-state index is 0.0420. The van der Waals surface area contributed by atoms with Crippen LogP contribution >= 0.6 is 0 Å². The predicted molar refractivity (Wildman–Crippen MR) is 73.6 cm³/mol. The molecule has 3 heterocycles. The number of pyridine rings is 1. The molecule has 7 nitrogen and oxygen atoms in total. The van der Waals surface area contributed by atoms with Crippen molar-refractivity contribution in [3.63, 3.8) is 0 Å². The molecule has 0 aromatic carbocycles. The van der Waals surface area contributed by atoms with Gasteiger partial charge in [0.15, 0.2) is 5.69 Å². The van der Waals surface area contributed by atoms with Crippen LogP contribution in [0.2, 0.25) is 0 Å². The SMILES string of the molecule is NC(=O)c1cn(C2CCN(c3ccc(C(F)(F)F)cn3)C2)nn1. The highest BCUT2D eigenvalue weighted by Crippen LogP contribution is 2.31. The summed E-state index contributed by atoms with van der Waals surface area (Å²) in [4.78, 5) is 16.8. The van der Waals surface area contributed by atoms with Gasteiger partial charge in [0.1, 0.15) is 5.82 Å². The first-order chi connectivity index (χ1) is 10.8. The maximum Gasteiger partial charge on any atom is 0.417 e. The molecule has 1 aliphatic heterocycles. The molecule has 3 rings (SSSR count). The second kappa shape index (κ2) is 5.52. The summed E-state index contributed by atoms with van der Waals surface area (Å²) in [5.41, 5.74) is 4.43. The highest BCUT2D eigenvalue weighted by atomic mass is 19.4. The molecule has 1 aliphatic rings. The maximum atomic E-state index is 12.5. The maximum absolute atomic E-state index is 12.5. The Balaban J connectivity index is 1.70. The van der Waals surface area contributed by atoms with E-state index in [2.05, 4.69) is 15.3 Å². The first kappa shape index (κ1) is 15.3. The fourth-order valence-corrected chi connectivity index (χ4v) is 2.47. The van der Waals surface area contributed by atoms with Crippen molar-refractivity contribution in [2.24, 2.45) is 5.73 Å². The van der Waals surface area contributed by atoms with Gasteiger partial charge < -0.3 is 10.6 Å². The van der Waals surface area contributed by atoms with Crippen LogP contribution < -0.4 is 10.6 Å². The van der Waals surface area contributed by atoms with E-state index in [1.807, 2.05) is 4.90 Å². The number of carbonyl (C=O) groups excluding carboxylic acids is 1. The summed E-state index contributed by atoms with van der Waals surface area (Å²) < 4.78 is 39.2. The van der Waals surface area contributed by atoms with Crippen LogP contribution in [0.1, 0.15) is 28.5 Å². The lowest BCUT2D eigenvalue weighted by Crippen LogP contribution is -2.22. The zero-order chi connectivity index (χ0) is 16.6. The summed E-state index contributed by atoms with van der Waals surface area (Å²) >= 11 is 0. The van der Waals surface area contributed by atoms with E-state index in [4.69, 9.17) is 5.73 Å². The first-order valence-corrected chi connectivity index (χ1v) is 6.84. The Morgan fingerprint density at radius 2 is 2.13 bits per heavy atom. The highest BCUT2D eigenvalue weighted by molar-refractivity contribution is 5.90. The fourth-order valence-electron chi connectivity index (χ4n) is 2.47. The number of alkyl halides is 3. The third-order valence-electron chi connectivity index (χ3n) is 3.70. The van der Waals surface area contributed by atoms with E-state index in [0.29, 0.717) is 25.3 Å². The molecule has 10 heteroatoms. The second-order valence-electron chi connectivity index (χ2n) is 5.24. The molecule has 1 saturated heterocycles. The zero-order valence-corrected chi connectivity index (χ0v) is 11.9. The Morgan fingerprint density at radius 3 is 2.70 bits per heavy atom. The zero-order valence-electron chi connectivity index (χ0n) is 11.9. The van der Waals surface area contributed by atoms with Crippen LogP contribution in [0.5, 0.6) is 0 Å². The standard InChI is InChI=1S/C13H13F3N6O/c14-13(15,16)8-1-2-11(18-5-8)21-4-3-9(6-21)22-7-10(12(17)23)19-20-22/h1-2,5,7,9H,3-4,6H2,(H2,17,23). The van der Waals surface area contributed by atoms with Crippen molar-refractivity contribution < 1.29 is 18.0 Å². The van der Waals surface area contributed by atoms with E-state index in [9.17, 15) is 18.0 Å². The number of rotatable bonds is 3. The van der Waals surface area contributed by atoms with Crippen LogP contribution in [0.3, 0.4) is 0 Å². The summed E-state index contributed by atoms with van der Waals surface area (Å²) in [7, 11) is 0. The number of hydrogen-bond donors (Lipinski definition) is 1. The number of amides is 1. The molecule has 122 valence electrons. The first-order valence-electron chi connectivity index (χ1n) is 6.84. The molecule has 1 unspecified atom stereocenters. The molecule has 1 atom stereocenters.